The molecule has 9 heteroatoms. The summed E-state index contributed by atoms with van der Waals surface area (Å²) in [6, 6.07) is 14.3. The molecule has 200 valence electrons. The molecule has 1 aliphatic rings. The first-order valence-electron chi connectivity index (χ1n) is 12.5. The fraction of sp³-hybridized carbons (Fsp3) is 0.464. The van der Waals surface area contributed by atoms with E-state index in [4.69, 9.17) is 5.11 Å². The van der Waals surface area contributed by atoms with E-state index in [1.165, 1.54) is 0 Å². The first-order valence-corrected chi connectivity index (χ1v) is 13.3. The van der Waals surface area contributed by atoms with Gasteiger partial charge in [-0.3, -0.25) is 4.79 Å². The van der Waals surface area contributed by atoms with Gasteiger partial charge >= 0.3 is 12.0 Å². The number of benzene rings is 2. The number of amides is 3. The number of anilines is 1. The van der Waals surface area contributed by atoms with Crippen LogP contribution in [0.2, 0.25) is 0 Å². The van der Waals surface area contributed by atoms with E-state index in [0.717, 1.165) is 35.7 Å². The molecule has 0 radical (unpaired) electrons. The van der Waals surface area contributed by atoms with E-state index in [9.17, 15) is 19.5 Å². The van der Waals surface area contributed by atoms with E-state index >= 15 is 0 Å². The number of aliphatic hydroxyl groups excluding tert-OH is 1. The highest BCUT2D eigenvalue weighted by molar-refractivity contribution is 9.10. The predicted octanol–water partition coefficient (Wildman–Crippen LogP) is 5.26. The number of rotatable bonds is 8. The smallest absolute Gasteiger partial charge is 0.334 e. The average Bonchev–Trinajstić information content (AvgIpc) is 2.85. The Morgan fingerprint density at radius 1 is 1.05 bits per heavy atom. The monoisotopic (exact) mass is 573 g/mol. The van der Waals surface area contributed by atoms with Crippen LogP contribution >= 0.6 is 15.9 Å². The number of carbonyl (C=O) groups is 3. The lowest BCUT2D eigenvalue weighted by molar-refractivity contribution is -0.146. The molecule has 37 heavy (non-hydrogen) atoms. The van der Waals surface area contributed by atoms with Crippen molar-refractivity contribution < 1.29 is 24.6 Å². The minimum absolute atomic E-state index is 0.103. The molecule has 0 unspecified atom stereocenters. The van der Waals surface area contributed by atoms with E-state index in [2.05, 4.69) is 47.3 Å². The molecule has 1 fully saturated rings. The summed E-state index contributed by atoms with van der Waals surface area (Å²) < 4.78 is 0.882. The van der Waals surface area contributed by atoms with E-state index in [1.54, 1.807) is 24.3 Å². The summed E-state index contributed by atoms with van der Waals surface area (Å²) in [5, 5.41) is 23.6. The topological polar surface area (TPSA) is 119 Å². The van der Waals surface area contributed by atoms with Crippen LogP contribution in [0, 0.1) is 11.3 Å². The standard InChI is InChI=1S/C28H36BrN3O5/c1-28(2,3)20-11-13-23(14-12-20)32(27(37)31-22-6-4-5-21(29)15-22)17-18-7-9-19(10-8-18)25(34)30-16-24(33)26(35)36/h4-10,15,20,23-24,33H,11-14,16-17H2,1-3H3,(H,30,34)(H,31,37)(H,35,36)/t20?,23?,24-/m1/s1. The van der Waals surface area contributed by atoms with Crippen LogP contribution in [-0.4, -0.2) is 51.7 Å². The third-order valence-electron chi connectivity index (χ3n) is 7.01. The van der Waals surface area contributed by atoms with Crippen LogP contribution in [0.15, 0.2) is 53.0 Å². The van der Waals surface area contributed by atoms with E-state index < -0.39 is 18.0 Å². The van der Waals surface area contributed by atoms with Crippen LogP contribution in [0.25, 0.3) is 0 Å². The van der Waals surface area contributed by atoms with Crippen LogP contribution in [0.1, 0.15) is 62.4 Å². The average molecular weight is 575 g/mol. The lowest BCUT2D eigenvalue weighted by atomic mass is 9.71. The van der Waals surface area contributed by atoms with Crippen LogP contribution in [0.5, 0.6) is 0 Å². The fourth-order valence-corrected chi connectivity index (χ4v) is 5.12. The number of hydrogen-bond acceptors (Lipinski definition) is 4. The SMILES string of the molecule is CC(C)(C)C1CCC(N(Cc2ccc(C(=O)NC[C@@H](O)C(=O)O)cc2)C(=O)Nc2cccc(Br)c2)CC1. The molecule has 0 aliphatic heterocycles. The third kappa shape index (κ3) is 8.30. The molecule has 2 aromatic rings. The summed E-state index contributed by atoms with van der Waals surface area (Å²) in [6.45, 7) is 6.84. The van der Waals surface area contributed by atoms with Crippen LogP contribution in [0.3, 0.4) is 0 Å². The zero-order chi connectivity index (χ0) is 27.2. The molecular weight excluding hydrogens is 538 g/mol. The fourth-order valence-electron chi connectivity index (χ4n) is 4.72. The molecule has 8 nitrogen and oxygen atoms in total. The molecule has 0 aromatic heterocycles. The van der Waals surface area contributed by atoms with E-state index in [-0.39, 0.29) is 24.0 Å². The molecule has 1 aliphatic carbocycles. The summed E-state index contributed by atoms with van der Waals surface area (Å²) >= 11 is 3.45. The van der Waals surface area contributed by atoms with Gasteiger partial charge in [-0.2, -0.15) is 0 Å². The van der Waals surface area contributed by atoms with Crippen molar-refractivity contribution in [3.8, 4) is 0 Å². The Bertz CT molecular complexity index is 1090. The van der Waals surface area contributed by atoms with Gasteiger partial charge < -0.3 is 25.7 Å². The number of carbonyl (C=O) groups excluding carboxylic acids is 2. The number of aliphatic carboxylic acids is 1. The van der Waals surface area contributed by atoms with Gasteiger partial charge in [-0.1, -0.05) is 54.9 Å². The molecule has 1 atom stereocenters. The normalized spacial score (nSPS) is 18.5. The number of halogens is 1. The summed E-state index contributed by atoms with van der Waals surface area (Å²) in [5.41, 5.74) is 2.18. The van der Waals surface area contributed by atoms with Gasteiger partial charge in [0, 0.05) is 28.3 Å². The highest BCUT2D eigenvalue weighted by Gasteiger charge is 2.33. The van der Waals surface area contributed by atoms with Crippen molar-refractivity contribution in [3.63, 3.8) is 0 Å². The molecule has 0 saturated heterocycles. The maximum atomic E-state index is 13.4. The maximum absolute atomic E-state index is 13.4. The molecule has 1 saturated carbocycles. The van der Waals surface area contributed by atoms with Crippen molar-refractivity contribution in [2.24, 2.45) is 11.3 Å². The Morgan fingerprint density at radius 3 is 2.27 bits per heavy atom. The zero-order valence-electron chi connectivity index (χ0n) is 21.5. The van der Waals surface area contributed by atoms with Gasteiger partial charge in [-0.05, 0) is 72.9 Å². The lowest BCUT2D eigenvalue weighted by Crippen LogP contribution is -2.45. The number of carboxylic acids is 1. The van der Waals surface area contributed by atoms with Gasteiger partial charge in [0.1, 0.15) is 0 Å². The number of nitrogens with zero attached hydrogens (tertiary/aromatic N) is 1. The molecule has 0 spiro atoms. The molecule has 2 aromatic carbocycles. The van der Waals surface area contributed by atoms with Crippen LogP contribution in [0.4, 0.5) is 10.5 Å². The molecule has 4 N–H and O–H groups in total. The van der Waals surface area contributed by atoms with Crippen molar-refractivity contribution in [2.45, 2.75) is 65.1 Å². The van der Waals surface area contributed by atoms with Crippen LogP contribution < -0.4 is 10.6 Å². The largest absolute Gasteiger partial charge is 0.479 e. The summed E-state index contributed by atoms with van der Waals surface area (Å²) in [6.07, 6.45) is 2.33. The number of hydrogen-bond donors (Lipinski definition) is 4. The minimum Gasteiger partial charge on any atom is -0.479 e. The summed E-state index contributed by atoms with van der Waals surface area (Å²) in [5.74, 6) is -1.25. The van der Waals surface area contributed by atoms with Gasteiger partial charge in [0.25, 0.3) is 5.91 Å². The first-order chi connectivity index (χ1) is 17.4. The van der Waals surface area contributed by atoms with Gasteiger partial charge in [-0.15, -0.1) is 0 Å². The van der Waals surface area contributed by atoms with E-state index in [0.29, 0.717) is 23.7 Å². The zero-order valence-corrected chi connectivity index (χ0v) is 23.1. The van der Waals surface area contributed by atoms with Crippen molar-refractivity contribution in [3.05, 3.63) is 64.1 Å². The number of urea groups is 1. The van der Waals surface area contributed by atoms with Gasteiger partial charge in [-0.25, -0.2) is 9.59 Å². The summed E-state index contributed by atoms with van der Waals surface area (Å²) in [7, 11) is 0. The number of nitrogens with one attached hydrogen (secondary N) is 2. The Balaban J connectivity index is 1.72. The van der Waals surface area contributed by atoms with Gasteiger partial charge in [0.2, 0.25) is 0 Å². The third-order valence-corrected chi connectivity index (χ3v) is 7.50. The van der Waals surface area contributed by atoms with Crippen molar-refractivity contribution >= 4 is 39.5 Å². The highest BCUT2D eigenvalue weighted by Crippen LogP contribution is 2.39. The molecular formula is C28H36BrN3O5. The second-order valence-electron chi connectivity index (χ2n) is 10.7. The van der Waals surface area contributed by atoms with Gasteiger partial charge in [0.15, 0.2) is 6.10 Å². The van der Waals surface area contributed by atoms with E-state index in [1.807, 2.05) is 29.2 Å². The highest BCUT2D eigenvalue weighted by atomic mass is 79.9. The molecule has 0 bridgehead atoms. The number of carboxylic acid groups (broad SMARTS) is 1. The van der Waals surface area contributed by atoms with Gasteiger partial charge in [0.05, 0.1) is 6.54 Å². The van der Waals surface area contributed by atoms with Crippen molar-refractivity contribution in [1.29, 1.82) is 0 Å². The minimum atomic E-state index is -1.66. The molecule has 3 rings (SSSR count). The molecule has 3 amide bonds. The Hall–Kier alpha value is -2.91. The number of aliphatic hydroxyl groups is 1. The lowest BCUT2D eigenvalue weighted by Gasteiger charge is -2.41. The second kappa shape index (κ2) is 12.6. The Kier molecular flexibility index (Phi) is 9.73. The quantitative estimate of drug-likeness (QED) is 0.343. The second-order valence-corrected chi connectivity index (χ2v) is 11.6. The maximum Gasteiger partial charge on any atom is 0.334 e. The van der Waals surface area contributed by atoms with Crippen molar-refractivity contribution in [2.75, 3.05) is 11.9 Å². The summed E-state index contributed by atoms with van der Waals surface area (Å²) in [4.78, 5) is 38.4. The molecule has 0 heterocycles. The Morgan fingerprint density at radius 2 is 1.70 bits per heavy atom. The predicted molar refractivity (Wildman–Crippen MR) is 146 cm³/mol. The van der Waals surface area contributed by atoms with Crippen LogP contribution in [-0.2, 0) is 11.3 Å². The first kappa shape index (κ1) is 28.7. The Labute approximate surface area is 226 Å². The van der Waals surface area contributed by atoms with Crippen molar-refractivity contribution in [1.82, 2.24) is 10.2 Å².